The number of carbonyl (C=O) groups excluding carboxylic acids is 2. The van der Waals surface area contributed by atoms with E-state index in [4.69, 9.17) is 27.9 Å². The largest absolute Gasteiger partial charge is 0.462 e. The number of esters is 1. The van der Waals surface area contributed by atoms with Crippen LogP contribution in [-0.4, -0.2) is 18.5 Å². The lowest BCUT2D eigenvalue weighted by atomic mass is 10.1. The Hall–Kier alpha value is -2.82. The molecule has 0 heterocycles. The van der Waals surface area contributed by atoms with Crippen LogP contribution >= 0.6 is 23.2 Å². The maximum absolute atomic E-state index is 13.5. The molecule has 0 atom stereocenters. The Morgan fingerprint density at radius 1 is 0.871 bits per heavy atom. The highest BCUT2D eigenvalue weighted by molar-refractivity contribution is 6.35. The number of aryl methyl sites for hydroxylation is 2. The number of benzene rings is 3. The first-order chi connectivity index (χ1) is 14.8. The zero-order valence-corrected chi connectivity index (χ0v) is 19.1. The molecule has 0 fully saturated rings. The van der Waals surface area contributed by atoms with Gasteiger partial charge in [0.15, 0.2) is 0 Å². The van der Waals surface area contributed by atoms with Crippen LogP contribution in [0.3, 0.4) is 0 Å². The number of nitrogens with zero attached hydrogens (tertiary/aromatic N) is 1. The first-order valence-corrected chi connectivity index (χ1v) is 10.7. The minimum Gasteiger partial charge on any atom is -0.462 e. The molecule has 0 unspecified atom stereocenters. The van der Waals surface area contributed by atoms with Crippen LogP contribution in [0.2, 0.25) is 10.0 Å². The number of rotatable bonds is 6. The van der Waals surface area contributed by atoms with Gasteiger partial charge in [-0.1, -0.05) is 46.5 Å². The van der Waals surface area contributed by atoms with Crippen LogP contribution < -0.4 is 4.90 Å². The van der Waals surface area contributed by atoms with Crippen LogP contribution in [0, 0.1) is 13.8 Å². The number of anilines is 1. The Bertz CT molecular complexity index is 1090. The summed E-state index contributed by atoms with van der Waals surface area (Å²) in [6.45, 7) is 6.22. The third-order valence-corrected chi connectivity index (χ3v) is 5.33. The maximum Gasteiger partial charge on any atom is 0.338 e. The fraction of sp³-hybridized carbons (Fsp3) is 0.200. The van der Waals surface area contributed by atoms with Crippen molar-refractivity contribution in [2.75, 3.05) is 11.5 Å². The molecule has 0 saturated carbocycles. The third kappa shape index (κ3) is 5.66. The summed E-state index contributed by atoms with van der Waals surface area (Å²) in [6, 6.07) is 17.7. The molecule has 0 aliphatic heterocycles. The Kier molecular flexibility index (Phi) is 7.37. The van der Waals surface area contributed by atoms with E-state index >= 15 is 0 Å². The first-order valence-electron chi connectivity index (χ1n) is 9.89. The number of hydrogen-bond donors (Lipinski definition) is 0. The van der Waals surface area contributed by atoms with Gasteiger partial charge in [-0.15, -0.1) is 0 Å². The molecule has 0 N–H and O–H groups in total. The molecule has 31 heavy (non-hydrogen) atoms. The monoisotopic (exact) mass is 455 g/mol. The van der Waals surface area contributed by atoms with Gasteiger partial charge in [-0.05, 0) is 74.9 Å². The van der Waals surface area contributed by atoms with Crippen LogP contribution in [0.15, 0.2) is 60.7 Å². The quantitative estimate of drug-likeness (QED) is 0.391. The van der Waals surface area contributed by atoms with E-state index in [9.17, 15) is 9.59 Å². The molecule has 0 radical (unpaired) electrons. The van der Waals surface area contributed by atoms with Crippen molar-refractivity contribution in [3.8, 4) is 0 Å². The summed E-state index contributed by atoms with van der Waals surface area (Å²) in [5.74, 6) is -0.566. The van der Waals surface area contributed by atoms with Crippen molar-refractivity contribution in [2.24, 2.45) is 0 Å². The van der Waals surface area contributed by atoms with Gasteiger partial charge in [0, 0.05) is 21.3 Å². The van der Waals surface area contributed by atoms with Gasteiger partial charge in [-0.25, -0.2) is 4.79 Å². The lowest BCUT2D eigenvalue weighted by molar-refractivity contribution is 0.0526. The molecule has 6 heteroatoms. The minimum absolute atomic E-state index is 0.165. The highest BCUT2D eigenvalue weighted by Crippen LogP contribution is 2.27. The minimum atomic E-state index is -0.401. The lowest BCUT2D eigenvalue weighted by Crippen LogP contribution is -2.30. The van der Waals surface area contributed by atoms with Gasteiger partial charge in [0.05, 0.1) is 18.7 Å². The molecule has 0 aliphatic rings. The highest BCUT2D eigenvalue weighted by atomic mass is 35.5. The Morgan fingerprint density at radius 2 is 1.52 bits per heavy atom. The van der Waals surface area contributed by atoms with E-state index < -0.39 is 5.97 Å². The van der Waals surface area contributed by atoms with Gasteiger partial charge in [-0.2, -0.15) is 0 Å². The van der Waals surface area contributed by atoms with Crippen molar-refractivity contribution in [1.82, 2.24) is 0 Å². The summed E-state index contributed by atoms with van der Waals surface area (Å²) < 4.78 is 5.04. The fourth-order valence-electron chi connectivity index (χ4n) is 3.35. The van der Waals surface area contributed by atoms with Gasteiger partial charge in [0.25, 0.3) is 5.91 Å². The number of amides is 1. The van der Waals surface area contributed by atoms with Gasteiger partial charge in [-0.3, -0.25) is 4.79 Å². The van der Waals surface area contributed by atoms with Crippen molar-refractivity contribution in [3.63, 3.8) is 0 Å². The molecule has 0 spiro atoms. The summed E-state index contributed by atoms with van der Waals surface area (Å²) in [6.07, 6.45) is 0. The highest BCUT2D eigenvalue weighted by Gasteiger charge is 2.21. The second-order valence-corrected chi connectivity index (χ2v) is 8.11. The smallest absolute Gasteiger partial charge is 0.338 e. The Morgan fingerprint density at radius 3 is 2.10 bits per heavy atom. The molecule has 3 aromatic carbocycles. The van der Waals surface area contributed by atoms with E-state index in [-0.39, 0.29) is 12.5 Å². The first kappa shape index (κ1) is 22.9. The Labute approximate surface area is 192 Å². The summed E-state index contributed by atoms with van der Waals surface area (Å²) >= 11 is 12.4. The van der Waals surface area contributed by atoms with Crippen LogP contribution in [0.5, 0.6) is 0 Å². The molecule has 4 nitrogen and oxygen atoms in total. The molecule has 0 aliphatic carbocycles. The number of ether oxygens (including phenoxy) is 1. The topological polar surface area (TPSA) is 46.6 Å². The van der Waals surface area contributed by atoms with Crippen molar-refractivity contribution < 1.29 is 14.3 Å². The summed E-state index contributed by atoms with van der Waals surface area (Å²) in [5.41, 5.74) is 4.42. The fourth-order valence-corrected chi connectivity index (χ4v) is 3.81. The van der Waals surface area contributed by atoms with Gasteiger partial charge in [0.1, 0.15) is 0 Å². The van der Waals surface area contributed by atoms with Gasteiger partial charge < -0.3 is 9.64 Å². The SMILES string of the molecule is CCOC(=O)c1ccc(N(Cc2ccc(Cl)cc2Cl)C(=O)c2cc(C)cc(C)c2)cc1. The zero-order chi connectivity index (χ0) is 22.5. The lowest BCUT2D eigenvalue weighted by Gasteiger charge is -2.24. The van der Waals surface area contributed by atoms with Crippen molar-refractivity contribution >= 4 is 40.8 Å². The van der Waals surface area contributed by atoms with E-state index in [0.29, 0.717) is 33.5 Å². The van der Waals surface area contributed by atoms with E-state index in [1.165, 1.54) is 0 Å². The number of hydrogen-bond acceptors (Lipinski definition) is 3. The number of carbonyl (C=O) groups is 2. The molecule has 3 aromatic rings. The predicted octanol–water partition coefficient (Wildman–Crippen LogP) is 6.63. The van der Waals surface area contributed by atoms with Crippen LogP contribution in [0.25, 0.3) is 0 Å². The van der Waals surface area contributed by atoms with Crippen LogP contribution in [0.4, 0.5) is 5.69 Å². The number of halogens is 2. The molecule has 3 rings (SSSR count). The second-order valence-electron chi connectivity index (χ2n) is 7.27. The van der Waals surface area contributed by atoms with Crippen molar-refractivity contribution in [3.05, 3.63) is 98.5 Å². The molecule has 160 valence electrons. The molecule has 0 aromatic heterocycles. The summed E-state index contributed by atoms with van der Waals surface area (Å²) in [4.78, 5) is 27.1. The predicted molar refractivity (Wildman–Crippen MR) is 125 cm³/mol. The van der Waals surface area contributed by atoms with Crippen LogP contribution in [-0.2, 0) is 11.3 Å². The van der Waals surface area contributed by atoms with Crippen molar-refractivity contribution in [2.45, 2.75) is 27.3 Å². The molecule has 0 bridgehead atoms. The average molecular weight is 456 g/mol. The van der Waals surface area contributed by atoms with Crippen LogP contribution in [0.1, 0.15) is 44.3 Å². The standard InChI is InChI=1S/C25H23Cl2NO3/c1-4-31-25(30)18-6-9-22(10-7-18)28(15-19-5-8-21(26)14-23(19)27)24(29)20-12-16(2)11-17(3)13-20/h5-14H,4,15H2,1-3H3. The zero-order valence-electron chi connectivity index (χ0n) is 17.6. The van der Waals surface area contributed by atoms with E-state index in [1.807, 2.05) is 32.0 Å². The van der Waals surface area contributed by atoms with Gasteiger partial charge in [0.2, 0.25) is 0 Å². The summed E-state index contributed by atoms with van der Waals surface area (Å²) in [5, 5.41) is 1.01. The van der Waals surface area contributed by atoms with E-state index in [0.717, 1.165) is 16.7 Å². The van der Waals surface area contributed by atoms with Gasteiger partial charge >= 0.3 is 5.97 Å². The average Bonchev–Trinajstić information content (AvgIpc) is 2.72. The second kappa shape index (κ2) is 9.99. The van der Waals surface area contributed by atoms with E-state index in [2.05, 4.69) is 0 Å². The summed E-state index contributed by atoms with van der Waals surface area (Å²) in [7, 11) is 0. The van der Waals surface area contributed by atoms with Crippen molar-refractivity contribution in [1.29, 1.82) is 0 Å². The molecule has 1 amide bonds. The molecular formula is C25H23Cl2NO3. The molecule has 0 saturated heterocycles. The third-order valence-electron chi connectivity index (χ3n) is 4.75. The van der Waals surface area contributed by atoms with E-state index in [1.54, 1.807) is 54.3 Å². The maximum atomic E-state index is 13.5. The normalized spacial score (nSPS) is 10.6. The Balaban J connectivity index is 2.01. The molecular weight excluding hydrogens is 433 g/mol.